The van der Waals surface area contributed by atoms with Gasteiger partial charge in [0, 0.05) is 177 Å². The second-order valence-electron chi connectivity index (χ2n) is 8.69. The minimum Gasteiger partial charge on any atom is -0.295 e. The summed E-state index contributed by atoms with van der Waals surface area (Å²) in [6.07, 6.45) is 0. The molecule has 0 saturated carbocycles. The molecule has 0 aromatic heterocycles. The first-order valence-electron chi connectivity index (χ1n) is 16.0. The Bertz CT molecular complexity index is 3240. The summed E-state index contributed by atoms with van der Waals surface area (Å²) in [6.45, 7) is 6.35. The van der Waals surface area contributed by atoms with Gasteiger partial charge in [0.2, 0.25) is 0 Å². The number of Topliss-reactive ketones (excluding diaryl/α,β-unsaturated/α-hetero) is 2. The second-order valence-corrected chi connectivity index (χ2v) is 8.69. The van der Waals surface area contributed by atoms with Crippen LogP contribution in [0.3, 0.4) is 0 Å². The van der Waals surface area contributed by atoms with E-state index in [0.717, 1.165) is 0 Å². The number of carbonyl (C=O) groups excluding carboxylic acids is 2. The maximum Gasteiger partial charge on any atom is 0.159 e. The Labute approximate surface area is 355 Å². The van der Waals surface area contributed by atoms with Crippen LogP contribution in [0.1, 0.15) is 48.4 Å². The number of carbonyl (C=O) groups is 2. The van der Waals surface area contributed by atoms with Crippen LogP contribution in [0.4, 0.5) is 0 Å². The average molecular weight is 745 g/mol. The summed E-state index contributed by atoms with van der Waals surface area (Å²) in [7, 11) is 0. The predicted molar refractivity (Wildman–Crippen MR) is 237 cm³/mol. The van der Waals surface area contributed by atoms with E-state index in [4.69, 9.17) is 0 Å². The fourth-order valence-corrected chi connectivity index (χ4v) is 2.39. The van der Waals surface area contributed by atoms with E-state index in [-0.39, 0.29) is 11.6 Å². The van der Waals surface area contributed by atoms with Gasteiger partial charge >= 0.3 is 0 Å². The van der Waals surface area contributed by atoms with Crippen molar-refractivity contribution in [1.82, 2.24) is 0 Å². The van der Waals surface area contributed by atoms with Crippen molar-refractivity contribution in [2.75, 3.05) is 0 Å². The molecule has 0 heterocycles. The summed E-state index contributed by atoms with van der Waals surface area (Å²) in [4.78, 5) is 21.8. The zero-order chi connectivity index (χ0) is 43.7. The molecule has 1 aromatic carbocycles. The molecule has 0 saturated heterocycles. The Kier molecular flexibility index (Phi) is 32.5. The fraction of sp³-hybridized carbons (Fsp3) is 0.0690. The van der Waals surface area contributed by atoms with Gasteiger partial charge in [0.05, 0.1) is 0 Å². The Morgan fingerprint density at radius 3 is 0.517 bits per heavy atom. The van der Waals surface area contributed by atoms with Crippen molar-refractivity contribution in [2.45, 2.75) is 27.7 Å². The molecule has 0 bridgehead atoms. The number of rotatable bonds is 2. The van der Waals surface area contributed by atoms with E-state index in [1.165, 1.54) is 13.8 Å². The standard InChI is InChI=1S/C48H6.C10H10O2/c1-3-5-7-9-11-13-15-17-19-21-23-25-27-29-31-33-35-37-39-41-43-45-47-48-46-44-42-40-38-36-34-32-30-28-26-24-22-20-18-16-14-12-10-8-6-4-2;1-7(11)9-4-3-5-10(6-9)8(2)12/h1-2H3;3-6H,1-2H3. The van der Waals surface area contributed by atoms with Crippen LogP contribution in [0, 0.1) is 272 Å². The van der Waals surface area contributed by atoms with Gasteiger partial charge in [-0.15, -0.1) is 0 Å². The first-order valence-corrected chi connectivity index (χ1v) is 16.0. The highest BCUT2D eigenvalue weighted by Crippen LogP contribution is 2.06. The first-order chi connectivity index (χ1) is 29.5. The maximum atomic E-state index is 10.9. The van der Waals surface area contributed by atoms with Crippen molar-refractivity contribution in [1.29, 1.82) is 0 Å². The van der Waals surface area contributed by atoms with Crippen LogP contribution in [-0.2, 0) is 0 Å². The summed E-state index contributed by atoms with van der Waals surface area (Å²) in [6, 6.07) is 6.74. The Hall–Kier alpha value is -11.6. The van der Waals surface area contributed by atoms with Gasteiger partial charge in [-0.1, -0.05) is 30.0 Å². The summed E-state index contributed by atoms with van der Waals surface area (Å²) in [5, 5.41) is 0. The highest BCUT2D eigenvalue weighted by molar-refractivity contribution is 5.99. The Morgan fingerprint density at radius 2 is 0.400 bits per heavy atom. The normalized spacial score (nSPS) is 5.07. The SMILES string of the molecule is CC#CC#CC#CC#CC#CC#CC#CC#CC#CC#CC#CC#CC#CC#CC#CC#CC#CC#CC#CC#CC#CC#CC#CC.CC(=O)c1cccc(C(C)=O)c1. The lowest BCUT2D eigenvalue weighted by Crippen LogP contribution is -1.96. The molecule has 0 fully saturated rings. The van der Waals surface area contributed by atoms with Crippen molar-refractivity contribution in [3.05, 3.63) is 35.4 Å². The van der Waals surface area contributed by atoms with E-state index in [0.29, 0.717) is 11.1 Å². The summed E-state index contributed by atoms with van der Waals surface area (Å²) in [5.41, 5.74) is 1.17. The molecule has 1 rings (SSSR count). The molecule has 0 radical (unpaired) electrons. The number of ketones is 2. The smallest absolute Gasteiger partial charge is 0.159 e. The molecule has 0 aliphatic heterocycles. The van der Waals surface area contributed by atoms with Crippen LogP contribution in [0.2, 0.25) is 0 Å². The highest BCUT2D eigenvalue weighted by atomic mass is 16.1. The molecule has 260 valence electrons. The van der Waals surface area contributed by atoms with Crippen LogP contribution >= 0.6 is 0 Å². The quantitative estimate of drug-likeness (QED) is 0.345. The molecule has 0 amide bonds. The third-order valence-corrected chi connectivity index (χ3v) is 4.61. The van der Waals surface area contributed by atoms with Gasteiger partial charge in [0.1, 0.15) is 0 Å². The van der Waals surface area contributed by atoms with E-state index >= 15 is 0 Å². The van der Waals surface area contributed by atoms with Crippen LogP contribution in [0.15, 0.2) is 24.3 Å². The van der Waals surface area contributed by atoms with Crippen molar-refractivity contribution in [3.63, 3.8) is 0 Å². The predicted octanol–water partition coefficient (Wildman–Crippen LogP) is 3.20. The van der Waals surface area contributed by atoms with Gasteiger partial charge < -0.3 is 0 Å². The molecule has 0 aliphatic carbocycles. The molecule has 0 atom stereocenters. The summed E-state index contributed by atoms with van der Waals surface area (Å²) >= 11 is 0. The number of hydrogen-bond donors (Lipinski definition) is 0. The third-order valence-electron chi connectivity index (χ3n) is 4.61. The maximum absolute atomic E-state index is 10.9. The zero-order valence-corrected chi connectivity index (χ0v) is 32.1. The lowest BCUT2D eigenvalue weighted by atomic mass is 10.1. The first kappa shape index (κ1) is 48.4. The fourth-order valence-electron chi connectivity index (χ4n) is 2.39. The van der Waals surface area contributed by atoms with Gasteiger partial charge in [-0.25, -0.2) is 0 Å². The van der Waals surface area contributed by atoms with Gasteiger partial charge in [-0.3, -0.25) is 9.59 Å². The molecule has 0 N–H and O–H groups in total. The lowest BCUT2D eigenvalue weighted by Gasteiger charge is -1.97. The van der Waals surface area contributed by atoms with Crippen molar-refractivity contribution in [2.24, 2.45) is 0 Å². The van der Waals surface area contributed by atoms with Gasteiger partial charge in [-0.05, 0) is 128 Å². The van der Waals surface area contributed by atoms with E-state index < -0.39 is 0 Å². The zero-order valence-electron chi connectivity index (χ0n) is 32.1. The average Bonchev–Trinajstić information content (AvgIpc) is 3.25. The van der Waals surface area contributed by atoms with Crippen LogP contribution in [-0.4, -0.2) is 11.6 Å². The molecule has 2 nitrogen and oxygen atoms in total. The molecular weight excluding hydrogens is 729 g/mol. The van der Waals surface area contributed by atoms with Crippen molar-refractivity contribution < 1.29 is 9.59 Å². The molecule has 0 unspecified atom stereocenters. The van der Waals surface area contributed by atoms with E-state index in [1.54, 1.807) is 38.1 Å². The minimum atomic E-state index is -0.0156. The van der Waals surface area contributed by atoms with Crippen LogP contribution in [0.5, 0.6) is 0 Å². The van der Waals surface area contributed by atoms with E-state index in [9.17, 15) is 9.59 Å². The topological polar surface area (TPSA) is 34.1 Å². The Morgan fingerprint density at radius 1 is 0.267 bits per heavy atom. The van der Waals surface area contributed by atoms with Crippen molar-refractivity contribution in [3.8, 4) is 272 Å². The van der Waals surface area contributed by atoms with Crippen LogP contribution < -0.4 is 0 Å². The summed E-state index contributed by atoms with van der Waals surface area (Å²) in [5.74, 6) is 116. The Balaban J connectivity index is 0.00000246. The lowest BCUT2D eigenvalue weighted by molar-refractivity contribution is 0.101. The number of benzene rings is 1. The monoisotopic (exact) mass is 744 g/mol. The molecule has 2 heteroatoms. The largest absolute Gasteiger partial charge is 0.295 e. The highest BCUT2D eigenvalue weighted by Gasteiger charge is 2.02. The van der Waals surface area contributed by atoms with Gasteiger partial charge in [0.15, 0.2) is 11.6 Å². The third kappa shape index (κ3) is 36.2. The number of hydrogen-bond acceptors (Lipinski definition) is 2. The van der Waals surface area contributed by atoms with E-state index in [2.05, 4.69) is 272 Å². The summed E-state index contributed by atoms with van der Waals surface area (Å²) < 4.78 is 0. The van der Waals surface area contributed by atoms with E-state index in [1.807, 2.05) is 0 Å². The minimum absolute atomic E-state index is 0.0156. The molecule has 0 spiro atoms. The van der Waals surface area contributed by atoms with Crippen molar-refractivity contribution >= 4 is 11.6 Å². The van der Waals surface area contributed by atoms with Crippen LogP contribution in [0.25, 0.3) is 0 Å². The molecular formula is C58H16O2. The molecule has 1 aromatic rings. The second kappa shape index (κ2) is 40.2. The van der Waals surface area contributed by atoms with Gasteiger partial charge in [0.25, 0.3) is 0 Å². The van der Waals surface area contributed by atoms with Gasteiger partial charge in [-0.2, -0.15) is 0 Å². The molecule has 0 aliphatic rings. The molecule has 60 heavy (non-hydrogen) atoms.